The molecule has 3 nitrogen and oxygen atoms in total. The molecule has 114 valence electrons. The van der Waals surface area contributed by atoms with Gasteiger partial charge in [-0.05, 0) is 69.1 Å². The monoisotopic (exact) mass is 278 g/mol. The fraction of sp³-hybridized carbons (Fsp3) is 0.941. The zero-order valence-corrected chi connectivity index (χ0v) is 12.8. The largest absolute Gasteiger partial charge is 0.353 e. The number of carbonyl (C=O) groups excluding carboxylic acids is 1. The second-order valence-corrected chi connectivity index (χ2v) is 7.66. The Balaban J connectivity index is 1.53. The van der Waals surface area contributed by atoms with Gasteiger partial charge in [0.2, 0.25) is 5.91 Å². The van der Waals surface area contributed by atoms with Gasteiger partial charge in [-0.25, -0.2) is 0 Å². The Hall–Kier alpha value is -0.570. The van der Waals surface area contributed by atoms with Crippen LogP contribution in [0.3, 0.4) is 0 Å². The average Bonchev–Trinajstić information content (AvgIpc) is 2.41. The molecule has 0 aromatic carbocycles. The number of hydrogen-bond acceptors (Lipinski definition) is 2. The normalized spacial score (nSPS) is 44.9. The van der Waals surface area contributed by atoms with Crippen LogP contribution >= 0.6 is 0 Å². The van der Waals surface area contributed by atoms with Gasteiger partial charge in [-0.2, -0.15) is 0 Å². The third kappa shape index (κ3) is 3.03. The van der Waals surface area contributed by atoms with E-state index in [2.05, 4.69) is 12.2 Å². The van der Waals surface area contributed by atoms with Crippen LogP contribution in [0.1, 0.15) is 64.7 Å². The maximum Gasteiger partial charge on any atom is 0.223 e. The molecule has 0 heterocycles. The van der Waals surface area contributed by atoms with Gasteiger partial charge in [-0.3, -0.25) is 4.79 Å². The topological polar surface area (TPSA) is 55.1 Å². The van der Waals surface area contributed by atoms with Gasteiger partial charge in [0.15, 0.2) is 0 Å². The lowest BCUT2D eigenvalue weighted by molar-refractivity contribution is -0.128. The molecule has 2 atom stereocenters. The summed E-state index contributed by atoms with van der Waals surface area (Å²) in [5.74, 6) is 2.61. The van der Waals surface area contributed by atoms with Crippen LogP contribution in [0.5, 0.6) is 0 Å². The maximum absolute atomic E-state index is 12.5. The van der Waals surface area contributed by atoms with Crippen molar-refractivity contribution < 1.29 is 4.79 Å². The molecule has 0 saturated heterocycles. The second-order valence-electron chi connectivity index (χ2n) is 7.66. The fourth-order valence-electron chi connectivity index (χ4n) is 4.73. The standard InChI is InChI=1S/C17H30N2O/c1-11-5-7-15(8-6-11)19-17(20)14-9-12-3-2-4-13(10-14)16(12)18/h11-16H,2-10,18H2,1H3,(H,19,20). The van der Waals surface area contributed by atoms with Gasteiger partial charge in [-0.15, -0.1) is 0 Å². The molecule has 20 heavy (non-hydrogen) atoms. The van der Waals surface area contributed by atoms with Crippen LogP contribution in [0.15, 0.2) is 0 Å². The van der Waals surface area contributed by atoms with E-state index in [1.54, 1.807) is 0 Å². The van der Waals surface area contributed by atoms with Crippen molar-refractivity contribution in [2.45, 2.75) is 76.8 Å². The van der Waals surface area contributed by atoms with E-state index in [9.17, 15) is 4.79 Å². The number of nitrogens with one attached hydrogen (secondary N) is 1. The van der Waals surface area contributed by atoms with E-state index in [4.69, 9.17) is 5.73 Å². The van der Waals surface area contributed by atoms with E-state index in [1.165, 1.54) is 44.9 Å². The molecule has 0 spiro atoms. The first-order valence-corrected chi connectivity index (χ1v) is 8.69. The number of carbonyl (C=O) groups is 1. The molecular weight excluding hydrogens is 248 g/mol. The molecule has 2 bridgehead atoms. The maximum atomic E-state index is 12.5. The van der Waals surface area contributed by atoms with Gasteiger partial charge < -0.3 is 11.1 Å². The first kappa shape index (κ1) is 14.4. The predicted molar refractivity (Wildman–Crippen MR) is 81.1 cm³/mol. The number of amides is 1. The first-order chi connectivity index (χ1) is 9.63. The SMILES string of the molecule is CC1CCC(NC(=O)C2CC3CCCC(C2)C3N)CC1. The fourth-order valence-corrected chi connectivity index (χ4v) is 4.73. The minimum atomic E-state index is 0.240. The van der Waals surface area contributed by atoms with Gasteiger partial charge >= 0.3 is 0 Å². The quantitative estimate of drug-likeness (QED) is 0.816. The molecule has 3 saturated carbocycles. The highest BCUT2D eigenvalue weighted by atomic mass is 16.1. The van der Waals surface area contributed by atoms with Crippen LogP contribution in [0.4, 0.5) is 0 Å². The van der Waals surface area contributed by atoms with E-state index in [0.717, 1.165) is 18.8 Å². The summed E-state index contributed by atoms with van der Waals surface area (Å²) in [5, 5.41) is 3.33. The third-order valence-electron chi connectivity index (χ3n) is 6.15. The molecule has 0 radical (unpaired) electrons. The van der Waals surface area contributed by atoms with Gasteiger partial charge in [0.1, 0.15) is 0 Å². The second kappa shape index (κ2) is 6.05. The molecule has 3 rings (SSSR count). The summed E-state index contributed by atoms with van der Waals surface area (Å²) >= 11 is 0. The predicted octanol–water partition coefficient (Wildman–Crippen LogP) is 2.83. The highest BCUT2D eigenvalue weighted by molar-refractivity contribution is 5.79. The molecular formula is C17H30N2O. The first-order valence-electron chi connectivity index (χ1n) is 8.69. The third-order valence-corrected chi connectivity index (χ3v) is 6.15. The molecule has 0 aliphatic heterocycles. The Kier molecular flexibility index (Phi) is 4.34. The van der Waals surface area contributed by atoms with Crippen molar-refractivity contribution in [3.8, 4) is 0 Å². The Bertz CT molecular complexity index is 335. The summed E-state index contributed by atoms with van der Waals surface area (Å²) in [4.78, 5) is 12.5. The smallest absolute Gasteiger partial charge is 0.223 e. The Labute approximate surface area is 123 Å². The van der Waals surface area contributed by atoms with Gasteiger partial charge in [0, 0.05) is 18.0 Å². The summed E-state index contributed by atoms with van der Waals surface area (Å²) in [6.07, 6.45) is 10.7. The van der Waals surface area contributed by atoms with Crippen molar-refractivity contribution in [2.75, 3.05) is 0 Å². The number of fused-ring (bicyclic) bond motifs is 2. The average molecular weight is 278 g/mol. The summed E-state index contributed by atoms with van der Waals surface area (Å²) in [5.41, 5.74) is 6.31. The highest BCUT2D eigenvalue weighted by Crippen LogP contribution is 2.42. The van der Waals surface area contributed by atoms with Crippen molar-refractivity contribution >= 4 is 5.91 Å². The van der Waals surface area contributed by atoms with E-state index < -0.39 is 0 Å². The van der Waals surface area contributed by atoms with Gasteiger partial charge in [0.25, 0.3) is 0 Å². The van der Waals surface area contributed by atoms with Crippen LogP contribution in [-0.4, -0.2) is 18.0 Å². The van der Waals surface area contributed by atoms with Crippen LogP contribution in [0, 0.1) is 23.7 Å². The summed E-state index contributed by atoms with van der Waals surface area (Å²) in [7, 11) is 0. The Morgan fingerprint density at radius 2 is 1.60 bits per heavy atom. The lowest BCUT2D eigenvalue weighted by Crippen LogP contribution is -2.50. The summed E-state index contributed by atoms with van der Waals surface area (Å²) in [6, 6.07) is 0.803. The minimum absolute atomic E-state index is 0.240. The summed E-state index contributed by atoms with van der Waals surface area (Å²) in [6.45, 7) is 2.32. The van der Waals surface area contributed by atoms with Crippen LogP contribution in [0.25, 0.3) is 0 Å². The van der Waals surface area contributed by atoms with E-state index in [-0.39, 0.29) is 5.92 Å². The highest BCUT2D eigenvalue weighted by Gasteiger charge is 2.40. The molecule has 0 aromatic heterocycles. The molecule has 3 heteroatoms. The summed E-state index contributed by atoms with van der Waals surface area (Å²) < 4.78 is 0. The molecule has 1 amide bonds. The van der Waals surface area contributed by atoms with Crippen LogP contribution in [0.2, 0.25) is 0 Å². The van der Waals surface area contributed by atoms with Crippen LogP contribution < -0.4 is 11.1 Å². The molecule has 2 unspecified atom stereocenters. The van der Waals surface area contributed by atoms with E-state index in [1.807, 2.05) is 0 Å². The van der Waals surface area contributed by atoms with Crippen molar-refractivity contribution in [3.63, 3.8) is 0 Å². The van der Waals surface area contributed by atoms with Crippen molar-refractivity contribution in [1.29, 1.82) is 0 Å². The number of rotatable bonds is 2. The lowest BCUT2D eigenvalue weighted by atomic mass is 9.65. The van der Waals surface area contributed by atoms with Crippen molar-refractivity contribution in [2.24, 2.45) is 29.4 Å². The van der Waals surface area contributed by atoms with Gasteiger partial charge in [-0.1, -0.05) is 13.3 Å². The number of hydrogen-bond donors (Lipinski definition) is 2. The van der Waals surface area contributed by atoms with Gasteiger partial charge in [0.05, 0.1) is 0 Å². The van der Waals surface area contributed by atoms with Crippen molar-refractivity contribution in [1.82, 2.24) is 5.32 Å². The molecule has 0 aromatic rings. The zero-order chi connectivity index (χ0) is 14.1. The Morgan fingerprint density at radius 3 is 2.20 bits per heavy atom. The molecule has 3 N–H and O–H groups in total. The molecule has 3 aliphatic rings. The number of nitrogens with two attached hydrogens (primary N) is 1. The zero-order valence-electron chi connectivity index (χ0n) is 12.8. The lowest BCUT2D eigenvalue weighted by Gasteiger charge is -2.44. The van der Waals surface area contributed by atoms with Crippen molar-refractivity contribution in [3.05, 3.63) is 0 Å². The minimum Gasteiger partial charge on any atom is -0.353 e. The Morgan fingerprint density at radius 1 is 1.00 bits per heavy atom. The molecule has 3 fully saturated rings. The van der Waals surface area contributed by atoms with Crippen LogP contribution in [-0.2, 0) is 4.79 Å². The van der Waals surface area contributed by atoms with E-state index >= 15 is 0 Å². The molecule has 3 aliphatic carbocycles. The van der Waals surface area contributed by atoms with E-state index in [0.29, 0.717) is 29.8 Å².